The van der Waals surface area contributed by atoms with Crippen molar-refractivity contribution in [3.63, 3.8) is 0 Å². The van der Waals surface area contributed by atoms with Crippen LogP contribution in [0.3, 0.4) is 0 Å². The van der Waals surface area contributed by atoms with Crippen LogP contribution >= 0.6 is 11.6 Å². The van der Waals surface area contributed by atoms with E-state index in [1.54, 1.807) is 19.4 Å². The third-order valence-electron chi connectivity index (χ3n) is 4.31. The number of halogens is 1. The Labute approximate surface area is 169 Å². The molecule has 0 bridgehead atoms. The molecular weight excluding hydrogens is 374 g/mol. The molecule has 0 saturated heterocycles. The van der Waals surface area contributed by atoms with Crippen molar-refractivity contribution in [3.8, 4) is 5.75 Å². The van der Waals surface area contributed by atoms with E-state index in [1.165, 1.54) is 0 Å². The molecule has 5 nitrogen and oxygen atoms in total. The van der Waals surface area contributed by atoms with Crippen molar-refractivity contribution in [2.75, 3.05) is 19.0 Å². The highest BCUT2D eigenvalue weighted by atomic mass is 35.5. The smallest absolute Gasteiger partial charge is 0.269 e. The lowest BCUT2D eigenvalue weighted by Gasteiger charge is -2.10. The first kappa shape index (κ1) is 19.7. The quantitative estimate of drug-likeness (QED) is 0.605. The number of hydrogen-bond acceptors (Lipinski definition) is 4. The van der Waals surface area contributed by atoms with Gasteiger partial charge in [0.15, 0.2) is 0 Å². The van der Waals surface area contributed by atoms with Crippen LogP contribution in [-0.4, -0.2) is 24.5 Å². The summed E-state index contributed by atoms with van der Waals surface area (Å²) in [6.07, 6.45) is 2.36. The fourth-order valence-electron chi connectivity index (χ4n) is 2.73. The minimum atomic E-state index is -0.201. The summed E-state index contributed by atoms with van der Waals surface area (Å²) in [5.74, 6) is 0.608. The van der Waals surface area contributed by atoms with Crippen molar-refractivity contribution in [2.24, 2.45) is 0 Å². The lowest BCUT2D eigenvalue weighted by atomic mass is 10.1. The first-order valence-corrected chi connectivity index (χ1v) is 9.33. The highest BCUT2D eigenvalue weighted by Gasteiger charge is 2.08. The maximum Gasteiger partial charge on any atom is 0.269 e. The van der Waals surface area contributed by atoms with Gasteiger partial charge in [-0.3, -0.25) is 4.79 Å². The third kappa shape index (κ3) is 5.24. The summed E-state index contributed by atoms with van der Waals surface area (Å²) in [5, 5.41) is 6.81. The normalized spacial score (nSPS) is 10.4. The Kier molecular flexibility index (Phi) is 6.50. The number of ether oxygens (including phenoxy) is 1. The Hall–Kier alpha value is -3.05. The second-order valence-corrected chi connectivity index (χ2v) is 6.81. The summed E-state index contributed by atoms with van der Waals surface area (Å²) in [7, 11) is 1.64. The fraction of sp³-hybridized carbons (Fsp3) is 0.182. The average molecular weight is 396 g/mol. The molecule has 2 N–H and O–H groups in total. The number of carbonyl (C=O) groups excluding carboxylic acids is 1. The van der Waals surface area contributed by atoms with Gasteiger partial charge in [0.05, 0.1) is 19.0 Å². The van der Waals surface area contributed by atoms with Gasteiger partial charge in [0.2, 0.25) is 0 Å². The van der Waals surface area contributed by atoms with E-state index in [9.17, 15) is 4.79 Å². The number of carbonyl (C=O) groups is 1. The number of rotatable bonds is 7. The molecule has 2 aromatic carbocycles. The molecule has 1 aromatic heterocycles. The highest BCUT2D eigenvalue weighted by Crippen LogP contribution is 2.23. The van der Waals surface area contributed by atoms with Crippen molar-refractivity contribution < 1.29 is 9.53 Å². The Morgan fingerprint density at radius 1 is 1.14 bits per heavy atom. The van der Waals surface area contributed by atoms with E-state index in [2.05, 4.69) is 15.6 Å². The fourth-order valence-corrected chi connectivity index (χ4v) is 2.90. The van der Waals surface area contributed by atoms with Crippen molar-refractivity contribution in [1.82, 2.24) is 10.3 Å². The van der Waals surface area contributed by atoms with Gasteiger partial charge >= 0.3 is 0 Å². The van der Waals surface area contributed by atoms with Gasteiger partial charge in [-0.25, -0.2) is 4.98 Å². The molecule has 1 heterocycles. The lowest BCUT2D eigenvalue weighted by molar-refractivity contribution is 0.0949. The molecule has 0 radical (unpaired) electrons. The minimum Gasteiger partial charge on any atom is -0.497 e. The number of amides is 1. The topological polar surface area (TPSA) is 63.2 Å². The van der Waals surface area contributed by atoms with E-state index < -0.39 is 0 Å². The minimum absolute atomic E-state index is 0.201. The van der Waals surface area contributed by atoms with Gasteiger partial charge in [-0.1, -0.05) is 29.8 Å². The van der Waals surface area contributed by atoms with Crippen LogP contribution in [0.4, 0.5) is 11.4 Å². The molecule has 144 valence electrons. The van der Waals surface area contributed by atoms with E-state index >= 15 is 0 Å². The molecule has 0 aliphatic rings. The van der Waals surface area contributed by atoms with Crippen molar-refractivity contribution in [1.29, 1.82) is 0 Å². The average Bonchev–Trinajstić information content (AvgIpc) is 2.71. The van der Waals surface area contributed by atoms with Gasteiger partial charge < -0.3 is 15.4 Å². The molecule has 6 heteroatoms. The third-order valence-corrected chi connectivity index (χ3v) is 4.54. The molecule has 3 rings (SSSR count). The van der Waals surface area contributed by atoms with Crippen LogP contribution < -0.4 is 15.4 Å². The van der Waals surface area contributed by atoms with Crippen LogP contribution in [-0.2, 0) is 6.42 Å². The number of hydrogen-bond donors (Lipinski definition) is 2. The zero-order valence-electron chi connectivity index (χ0n) is 15.8. The summed E-state index contributed by atoms with van der Waals surface area (Å²) in [6.45, 7) is 2.52. The molecular formula is C22H22ClN3O2. The van der Waals surface area contributed by atoms with Crippen molar-refractivity contribution in [3.05, 3.63) is 82.6 Å². The molecule has 0 atom stereocenters. The monoisotopic (exact) mass is 395 g/mol. The number of benzene rings is 2. The van der Waals surface area contributed by atoms with Crippen LogP contribution in [0.5, 0.6) is 5.75 Å². The van der Waals surface area contributed by atoms with Crippen LogP contribution in [0.2, 0.25) is 5.02 Å². The zero-order chi connectivity index (χ0) is 19.9. The Morgan fingerprint density at radius 2 is 2.00 bits per heavy atom. The van der Waals surface area contributed by atoms with E-state index in [4.69, 9.17) is 16.3 Å². The largest absolute Gasteiger partial charge is 0.497 e. The number of aromatic nitrogens is 1. The predicted octanol–water partition coefficient (Wildman–Crippen LogP) is 4.77. The summed E-state index contributed by atoms with van der Waals surface area (Å²) in [6, 6.07) is 17.0. The second kappa shape index (κ2) is 9.24. The Morgan fingerprint density at radius 3 is 2.75 bits per heavy atom. The SMILES string of the molecule is COc1cccc(CCNC(=O)c2ccc(Nc3cc(Cl)ccc3C)cn2)c1. The molecule has 0 aliphatic carbocycles. The lowest BCUT2D eigenvalue weighted by Crippen LogP contribution is -2.26. The predicted molar refractivity (Wildman–Crippen MR) is 113 cm³/mol. The number of anilines is 2. The maximum atomic E-state index is 12.3. The van der Waals surface area contributed by atoms with Gasteiger partial charge in [-0.2, -0.15) is 0 Å². The van der Waals surface area contributed by atoms with E-state index in [0.29, 0.717) is 17.3 Å². The number of aryl methyl sites for hydroxylation is 1. The molecule has 0 fully saturated rings. The van der Waals surface area contributed by atoms with Gasteiger partial charge in [0, 0.05) is 17.3 Å². The Bertz CT molecular complexity index is 958. The second-order valence-electron chi connectivity index (χ2n) is 6.37. The summed E-state index contributed by atoms with van der Waals surface area (Å²) in [5.41, 5.74) is 4.25. The van der Waals surface area contributed by atoms with Gasteiger partial charge in [-0.15, -0.1) is 0 Å². The van der Waals surface area contributed by atoms with Gasteiger partial charge in [-0.05, 0) is 60.9 Å². The number of nitrogens with zero attached hydrogens (tertiary/aromatic N) is 1. The molecule has 28 heavy (non-hydrogen) atoms. The van der Waals surface area contributed by atoms with Crippen LogP contribution in [0, 0.1) is 6.92 Å². The zero-order valence-corrected chi connectivity index (χ0v) is 16.6. The van der Waals surface area contributed by atoms with Gasteiger partial charge in [0.25, 0.3) is 5.91 Å². The van der Waals surface area contributed by atoms with Gasteiger partial charge in [0.1, 0.15) is 11.4 Å². The van der Waals surface area contributed by atoms with Crippen LogP contribution in [0.25, 0.3) is 0 Å². The molecule has 3 aromatic rings. The van der Waals surface area contributed by atoms with E-state index in [-0.39, 0.29) is 5.91 Å². The van der Waals surface area contributed by atoms with Crippen LogP contribution in [0.15, 0.2) is 60.8 Å². The molecule has 0 unspecified atom stereocenters. The standard InChI is InChI=1S/C22H22ClN3O2/c1-15-6-7-17(23)13-21(15)26-18-8-9-20(25-14-18)22(27)24-11-10-16-4-3-5-19(12-16)28-2/h3-9,12-14,26H,10-11H2,1-2H3,(H,24,27). The maximum absolute atomic E-state index is 12.3. The summed E-state index contributed by atoms with van der Waals surface area (Å²) >= 11 is 6.04. The first-order chi connectivity index (χ1) is 13.5. The molecule has 1 amide bonds. The Balaban J connectivity index is 1.55. The summed E-state index contributed by atoms with van der Waals surface area (Å²) < 4.78 is 5.21. The number of methoxy groups -OCH3 is 1. The van der Waals surface area contributed by atoms with Crippen molar-refractivity contribution in [2.45, 2.75) is 13.3 Å². The number of pyridine rings is 1. The van der Waals surface area contributed by atoms with Crippen molar-refractivity contribution >= 4 is 28.9 Å². The van der Waals surface area contributed by atoms with Crippen LogP contribution in [0.1, 0.15) is 21.6 Å². The van der Waals surface area contributed by atoms with E-state index in [0.717, 1.165) is 34.7 Å². The first-order valence-electron chi connectivity index (χ1n) is 8.95. The molecule has 0 saturated carbocycles. The van der Waals surface area contributed by atoms with E-state index in [1.807, 2.05) is 55.5 Å². The number of nitrogens with one attached hydrogen (secondary N) is 2. The highest BCUT2D eigenvalue weighted by molar-refractivity contribution is 6.30. The molecule has 0 spiro atoms. The summed E-state index contributed by atoms with van der Waals surface area (Å²) in [4.78, 5) is 16.5. The molecule has 0 aliphatic heterocycles.